The molecule has 3 N–H and O–H groups in total. The summed E-state index contributed by atoms with van der Waals surface area (Å²) < 4.78 is 26.6. The summed E-state index contributed by atoms with van der Waals surface area (Å²) in [5, 5.41) is 22.1. The van der Waals surface area contributed by atoms with Crippen molar-refractivity contribution in [2.75, 3.05) is 4.72 Å². The van der Waals surface area contributed by atoms with Crippen LogP contribution in [-0.4, -0.2) is 44.9 Å². The van der Waals surface area contributed by atoms with E-state index in [9.17, 15) is 13.2 Å². The number of nitrogens with zero attached hydrogens (tertiary/aromatic N) is 4. The molecule has 0 unspecified atom stereocenters. The highest BCUT2D eigenvalue weighted by Gasteiger charge is 2.29. The van der Waals surface area contributed by atoms with E-state index in [0.717, 1.165) is 0 Å². The van der Waals surface area contributed by atoms with Crippen LogP contribution in [0.5, 0.6) is 0 Å². The van der Waals surface area contributed by atoms with Crippen LogP contribution in [0.4, 0.5) is 5.95 Å². The number of aromatic nitrogens is 5. The maximum absolute atomic E-state index is 12.3. The zero-order valence-corrected chi connectivity index (χ0v) is 12.2. The van der Waals surface area contributed by atoms with E-state index < -0.39 is 26.6 Å². The molecule has 10 nitrogen and oxygen atoms in total. The third-order valence-electron chi connectivity index (χ3n) is 2.68. The van der Waals surface area contributed by atoms with Gasteiger partial charge in [0, 0.05) is 0 Å². The Hall–Kier alpha value is -2.56. The van der Waals surface area contributed by atoms with Gasteiger partial charge in [0.05, 0.1) is 17.1 Å². The average molecular weight is 312 g/mol. The number of carbonyl (C=O) groups is 1. The Morgan fingerprint density at radius 2 is 1.86 bits per heavy atom. The molecule has 0 aliphatic carbocycles. The van der Waals surface area contributed by atoms with Crippen LogP contribution in [0.3, 0.4) is 0 Å². The highest BCUT2D eigenvalue weighted by Crippen LogP contribution is 2.20. The normalized spacial score (nSPS) is 11.4. The molecule has 0 spiro atoms. The number of anilines is 1. The molecule has 0 saturated heterocycles. The first-order valence-corrected chi connectivity index (χ1v) is 7.19. The number of nitrogens with one attached hydrogen (secondary N) is 2. The van der Waals surface area contributed by atoms with E-state index in [-0.39, 0.29) is 11.6 Å². The average Bonchev–Trinajstić information content (AvgIpc) is 2.76. The van der Waals surface area contributed by atoms with E-state index in [1.165, 1.54) is 6.92 Å². The summed E-state index contributed by atoms with van der Waals surface area (Å²) in [6, 6.07) is 0. The quantitative estimate of drug-likeness (QED) is 0.714. The zero-order chi connectivity index (χ0) is 15.8. The van der Waals surface area contributed by atoms with Crippen molar-refractivity contribution in [1.29, 1.82) is 0 Å². The van der Waals surface area contributed by atoms with Gasteiger partial charge in [-0.3, -0.25) is 5.10 Å². The molecule has 0 radical (unpaired) electrons. The molecule has 0 aromatic carbocycles. The summed E-state index contributed by atoms with van der Waals surface area (Å²) in [6.07, 6.45) is 0. The van der Waals surface area contributed by atoms with E-state index >= 15 is 0 Å². The van der Waals surface area contributed by atoms with Crippen molar-refractivity contribution in [2.24, 2.45) is 0 Å². The predicted molar refractivity (Wildman–Crippen MR) is 70.4 cm³/mol. The molecule has 0 fully saturated rings. The fraction of sp³-hybridized carbons (Fsp3) is 0.300. The van der Waals surface area contributed by atoms with Gasteiger partial charge in [-0.05, 0) is 20.8 Å². The van der Waals surface area contributed by atoms with Gasteiger partial charge in [-0.2, -0.15) is 10.2 Å². The molecule has 0 aliphatic rings. The molecule has 0 atom stereocenters. The number of rotatable bonds is 4. The van der Waals surface area contributed by atoms with Crippen molar-refractivity contribution in [2.45, 2.75) is 25.7 Å². The van der Waals surface area contributed by atoms with Gasteiger partial charge in [0.15, 0.2) is 5.69 Å². The fourth-order valence-electron chi connectivity index (χ4n) is 1.56. The Balaban J connectivity index is 2.45. The number of H-pyrrole nitrogens is 1. The van der Waals surface area contributed by atoms with Gasteiger partial charge >= 0.3 is 5.97 Å². The summed E-state index contributed by atoms with van der Waals surface area (Å²) in [5.41, 5.74) is 0.558. The van der Waals surface area contributed by atoms with Gasteiger partial charge in [0.2, 0.25) is 0 Å². The molecular weight excluding hydrogens is 300 g/mol. The third-order valence-corrected chi connectivity index (χ3v) is 4.17. The second-order valence-corrected chi connectivity index (χ2v) is 5.86. The summed E-state index contributed by atoms with van der Waals surface area (Å²) in [4.78, 5) is 14.5. The Bertz CT molecular complexity index is 813. The summed E-state index contributed by atoms with van der Waals surface area (Å²) in [5.74, 6) is -1.70. The number of carboxylic acid groups (broad SMARTS) is 1. The van der Waals surface area contributed by atoms with Gasteiger partial charge in [-0.25, -0.2) is 22.9 Å². The minimum Gasteiger partial charge on any atom is -0.476 e. The molecule has 0 bridgehead atoms. The van der Waals surface area contributed by atoms with Gasteiger partial charge in [-0.15, -0.1) is 5.10 Å². The molecule has 11 heteroatoms. The maximum atomic E-state index is 12.3. The topological polar surface area (TPSA) is 151 Å². The molecule has 0 amide bonds. The maximum Gasteiger partial charge on any atom is 0.357 e. The number of hydrogen-bond donors (Lipinski definition) is 3. The molecule has 0 aliphatic heterocycles. The van der Waals surface area contributed by atoms with E-state index in [1.54, 1.807) is 13.8 Å². The van der Waals surface area contributed by atoms with Crippen molar-refractivity contribution >= 4 is 21.9 Å². The Morgan fingerprint density at radius 3 is 2.43 bits per heavy atom. The van der Waals surface area contributed by atoms with Crippen LogP contribution < -0.4 is 4.72 Å². The van der Waals surface area contributed by atoms with E-state index in [4.69, 9.17) is 5.11 Å². The Labute approximate surface area is 119 Å². The number of aromatic carboxylic acids is 1. The van der Waals surface area contributed by atoms with Crippen molar-refractivity contribution in [3.63, 3.8) is 0 Å². The van der Waals surface area contributed by atoms with Crippen LogP contribution in [0.2, 0.25) is 0 Å². The number of sulfonamides is 1. The van der Waals surface area contributed by atoms with Crippen LogP contribution in [0, 0.1) is 20.8 Å². The molecule has 2 aromatic heterocycles. The fourth-order valence-corrected chi connectivity index (χ4v) is 2.83. The van der Waals surface area contributed by atoms with Crippen molar-refractivity contribution in [3.05, 3.63) is 22.8 Å². The first kappa shape index (κ1) is 14.8. The van der Waals surface area contributed by atoms with Gasteiger partial charge in [0.25, 0.3) is 16.0 Å². The molecule has 112 valence electrons. The lowest BCUT2D eigenvalue weighted by Crippen LogP contribution is -2.19. The van der Waals surface area contributed by atoms with Crippen LogP contribution in [-0.2, 0) is 10.0 Å². The van der Waals surface area contributed by atoms with Gasteiger partial charge in [-0.1, -0.05) is 0 Å². The lowest BCUT2D eigenvalue weighted by molar-refractivity contribution is 0.0686. The van der Waals surface area contributed by atoms with Crippen LogP contribution in [0.1, 0.15) is 27.6 Å². The molecule has 0 saturated carbocycles. The van der Waals surface area contributed by atoms with Crippen LogP contribution in [0.25, 0.3) is 0 Å². The number of aryl methyl sites for hydroxylation is 3. The van der Waals surface area contributed by atoms with Gasteiger partial charge in [0.1, 0.15) is 4.90 Å². The second-order valence-electron chi connectivity index (χ2n) is 4.24. The van der Waals surface area contributed by atoms with Crippen LogP contribution in [0.15, 0.2) is 4.90 Å². The minimum atomic E-state index is -4.20. The lowest BCUT2D eigenvalue weighted by Gasteiger charge is -2.07. The molecule has 2 aromatic rings. The lowest BCUT2D eigenvalue weighted by atomic mass is 10.4. The van der Waals surface area contributed by atoms with E-state index in [0.29, 0.717) is 11.4 Å². The standard InChI is InChI=1S/C10H12N6O4S/c1-4-5(2)12-15-10(11-4)16-21(19,20)8-6(3)13-14-7(8)9(17)18/h1-3H3,(H,13,14)(H,17,18)(H,11,15,16). The molecule has 21 heavy (non-hydrogen) atoms. The minimum absolute atomic E-state index is 0.0942. The molecule has 2 heterocycles. The Morgan fingerprint density at radius 1 is 1.19 bits per heavy atom. The largest absolute Gasteiger partial charge is 0.476 e. The smallest absolute Gasteiger partial charge is 0.357 e. The summed E-state index contributed by atoms with van der Waals surface area (Å²) in [7, 11) is -4.20. The van der Waals surface area contributed by atoms with Crippen molar-refractivity contribution < 1.29 is 18.3 Å². The monoisotopic (exact) mass is 312 g/mol. The highest BCUT2D eigenvalue weighted by atomic mass is 32.2. The van der Waals surface area contributed by atoms with E-state index in [2.05, 4.69) is 30.1 Å². The number of aromatic amines is 1. The number of hydrogen-bond acceptors (Lipinski definition) is 7. The van der Waals surface area contributed by atoms with Gasteiger partial charge < -0.3 is 5.11 Å². The zero-order valence-electron chi connectivity index (χ0n) is 11.4. The SMILES string of the molecule is Cc1nnc(NS(=O)(=O)c2c(C(=O)O)n[nH]c2C)nc1C. The first-order chi connectivity index (χ1) is 9.72. The van der Waals surface area contributed by atoms with Crippen molar-refractivity contribution in [1.82, 2.24) is 25.4 Å². The molecule has 2 rings (SSSR count). The second kappa shape index (κ2) is 5.09. The first-order valence-electron chi connectivity index (χ1n) is 5.71. The summed E-state index contributed by atoms with van der Waals surface area (Å²) in [6.45, 7) is 4.72. The Kier molecular flexibility index (Phi) is 3.60. The predicted octanol–water partition coefficient (Wildman–Crippen LogP) is 0.0190. The third kappa shape index (κ3) is 2.81. The molecular formula is C10H12N6O4S. The van der Waals surface area contributed by atoms with Crippen LogP contribution >= 0.6 is 0 Å². The summed E-state index contributed by atoms with van der Waals surface area (Å²) >= 11 is 0. The van der Waals surface area contributed by atoms with Crippen molar-refractivity contribution in [3.8, 4) is 0 Å². The number of carboxylic acids is 1. The highest BCUT2D eigenvalue weighted by molar-refractivity contribution is 7.92. The van der Waals surface area contributed by atoms with E-state index in [1.807, 2.05) is 0 Å².